The van der Waals surface area contributed by atoms with Crippen molar-refractivity contribution in [2.45, 2.75) is 25.8 Å². The molecule has 0 radical (unpaired) electrons. The number of carbonyl (C=O) groups is 2. The summed E-state index contributed by atoms with van der Waals surface area (Å²) in [4.78, 5) is 31.4. The normalized spacial score (nSPS) is 20.6. The van der Waals surface area contributed by atoms with Crippen LogP contribution in [-0.4, -0.2) is 73.6 Å². The molecule has 3 rings (SSSR count). The van der Waals surface area contributed by atoms with Crippen LogP contribution in [0, 0.1) is 0 Å². The second kappa shape index (κ2) is 8.34. The van der Waals surface area contributed by atoms with Gasteiger partial charge in [-0.1, -0.05) is 18.2 Å². The molecule has 0 aromatic heterocycles. The first-order valence-electron chi connectivity index (χ1n) is 9.16. The molecule has 6 heteroatoms. The average Bonchev–Trinajstić information content (AvgIpc) is 3.16. The summed E-state index contributed by atoms with van der Waals surface area (Å²) in [5, 5.41) is 0. The third-order valence-corrected chi connectivity index (χ3v) is 5.01. The third kappa shape index (κ3) is 4.12. The number of morpholine rings is 1. The molecule has 2 amide bonds. The molecule has 1 aromatic rings. The summed E-state index contributed by atoms with van der Waals surface area (Å²) in [5.41, 5.74) is 1.04. The fraction of sp³-hybridized carbons (Fsp3) is 0.579. The van der Waals surface area contributed by atoms with Crippen molar-refractivity contribution in [2.75, 3.05) is 50.8 Å². The topological polar surface area (TPSA) is 53.1 Å². The van der Waals surface area contributed by atoms with Gasteiger partial charge < -0.3 is 19.4 Å². The highest BCUT2D eigenvalue weighted by Gasteiger charge is 2.37. The SMILES string of the molecule is CCN(CC(=O)N1CCC[C@H]1C(=O)N1CCOCC1)c1ccccc1. The fourth-order valence-electron chi connectivity index (χ4n) is 3.60. The van der Waals surface area contributed by atoms with E-state index in [1.54, 1.807) is 4.90 Å². The van der Waals surface area contributed by atoms with Crippen molar-refractivity contribution in [2.24, 2.45) is 0 Å². The largest absolute Gasteiger partial charge is 0.378 e. The number of hydrogen-bond donors (Lipinski definition) is 0. The van der Waals surface area contributed by atoms with Crippen LogP contribution in [-0.2, 0) is 14.3 Å². The maximum absolute atomic E-state index is 12.9. The second-order valence-corrected chi connectivity index (χ2v) is 6.53. The minimum atomic E-state index is -0.305. The van der Waals surface area contributed by atoms with Crippen LogP contribution in [0.5, 0.6) is 0 Å². The zero-order chi connectivity index (χ0) is 17.6. The van der Waals surface area contributed by atoms with Gasteiger partial charge in [0.25, 0.3) is 0 Å². The van der Waals surface area contributed by atoms with Gasteiger partial charge in [0.2, 0.25) is 11.8 Å². The number of para-hydroxylation sites is 1. The number of nitrogens with zero attached hydrogens (tertiary/aromatic N) is 3. The van der Waals surface area contributed by atoms with Gasteiger partial charge in [-0.25, -0.2) is 0 Å². The van der Waals surface area contributed by atoms with E-state index >= 15 is 0 Å². The number of rotatable bonds is 5. The Labute approximate surface area is 149 Å². The monoisotopic (exact) mass is 345 g/mol. The van der Waals surface area contributed by atoms with Crippen LogP contribution < -0.4 is 4.90 Å². The number of ether oxygens (including phenoxy) is 1. The number of anilines is 1. The Bertz CT molecular complexity index is 587. The molecule has 0 saturated carbocycles. The molecule has 0 N–H and O–H groups in total. The summed E-state index contributed by atoms with van der Waals surface area (Å²) in [6.07, 6.45) is 1.66. The van der Waals surface area contributed by atoms with Crippen molar-refractivity contribution in [3.63, 3.8) is 0 Å². The van der Waals surface area contributed by atoms with Crippen LogP contribution in [0.4, 0.5) is 5.69 Å². The van der Waals surface area contributed by atoms with E-state index < -0.39 is 0 Å². The highest BCUT2D eigenvalue weighted by atomic mass is 16.5. The number of benzene rings is 1. The number of carbonyl (C=O) groups excluding carboxylic acids is 2. The van der Waals surface area contributed by atoms with E-state index in [1.807, 2.05) is 42.2 Å². The summed E-state index contributed by atoms with van der Waals surface area (Å²) in [6.45, 7) is 6.21. The van der Waals surface area contributed by atoms with Crippen molar-refractivity contribution in [1.82, 2.24) is 9.80 Å². The predicted octanol–water partition coefficient (Wildman–Crippen LogP) is 1.36. The van der Waals surface area contributed by atoms with Crippen LogP contribution in [0.25, 0.3) is 0 Å². The van der Waals surface area contributed by atoms with Gasteiger partial charge in [-0.2, -0.15) is 0 Å². The molecule has 2 fully saturated rings. The lowest BCUT2D eigenvalue weighted by molar-refractivity contribution is -0.145. The Morgan fingerprint density at radius 3 is 2.56 bits per heavy atom. The fourth-order valence-corrected chi connectivity index (χ4v) is 3.60. The van der Waals surface area contributed by atoms with Crippen LogP contribution in [0.3, 0.4) is 0 Å². The lowest BCUT2D eigenvalue weighted by atomic mass is 10.1. The van der Waals surface area contributed by atoms with Crippen molar-refractivity contribution in [1.29, 1.82) is 0 Å². The summed E-state index contributed by atoms with van der Waals surface area (Å²) in [5.74, 6) is 0.117. The maximum Gasteiger partial charge on any atom is 0.245 e. The zero-order valence-corrected chi connectivity index (χ0v) is 14.9. The molecule has 0 aliphatic carbocycles. The summed E-state index contributed by atoms with van der Waals surface area (Å²) < 4.78 is 5.32. The Kier molecular flexibility index (Phi) is 5.91. The van der Waals surface area contributed by atoms with Crippen molar-refractivity contribution in [3.05, 3.63) is 30.3 Å². The van der Waals surface area contributed by atoms with E-state index in [-0.39, 0.29) is 17.9 Å². The van der Waals surface area contributed by atoms with Crippen LogP contribution in [0.15, 0.2) is 30.3 Å². The lowest BCUT2D eigenvalue weighted by Gasteiger charge is -2.33. The van der Waals surface area contributed by atoms with Gasteiger partial charge in [-0.15, -0.1) is 0 Å². The van der Waals surface area contributed by atoms with Crippen molar-refractivity contribution in [3.8, 4) is 0 Å². The van der Waals surface area contributed by atoms with Gasteiger partial charge >= 0.3 is 0 Å². The highest BCUT2D eigenvalue weighted by Crippen LogP contribution is 2.21. The molecule has 2 aliphatic rings. The molecule has 2 aliphatic heterocycles. The number of hydrogen-bond acceptors (Lipinski definition) is 4. The Morgan fingerprint density at radius 2 is 1.88 bits per heavy atom. The van der Waals surface area contributed by atoms with E-state index in [2.05, 4.69) is 4.90 Å². The Balaban J connectivity index is 1.64. The van der Waals surface area contributed by atoms with Crippen molar-refractivity contribution >= 4 is 17.5 Å². The quantitative estimate of drug-likeness (QED) is 0.809. The standard InChI is InChI=1S/C19H27N3O3/c1-2-20(16-7-4-3-5-8-16)15-18(23)22-10-6-9-17(22)19(24)21-11-13-25-14-12-21/h3-5,7-8,17H,2,6,9-15H2,1H3/t17-/m0/s1. The van der Waals surface area contributed by atoms with Crippen LogP contribution >= 0.6 is 0 Å². The molecule has 1 aromatic carbocycles. The number of amides is 2. The van der Waals surface area contributed by atoms with E-state index in [1.165, 1.54) is 0 Å². The zero-order valence-electron chi connectivity index (χ0n) is 14.9. The average molecular weight is 345 g/mol. The molecule has 0 spiro atoms. The van der Waals surface area contributed by atoms with Gasteiger partial charge in [0.1, 0.15) is 6.04 Å². The Hall–Kier alpha value is -2.08. The van der Waals surface area contributed by atoms with E-state index in [4.69, 9.17) is 4.74 Å². The second-order valence-electron chi connectivity index (χ2n) is 6.53. The van der Waals surface area contributed by atoms with E-state index in [0.29, 0.717) is 39.4 Å². The summed E-state index contributed by atoms with van der Waals surface area (Å²) in [7, 11) is 0. The van der Waals surface area contributed by atoms with Gasteiger partial charge in [0.05, 0.1) is 19.8 Å². The molecule has 2 heterocycles. The van der Waals surface area contributed by atoms with E-state index in [9.17, 15) is 9.59 Å². The summed E-state index contributed by atoms with van der Waals surface area (Å²) in [6, 6.07) is 9.64. The van der Waals surface area contributed by atoms with Gasteiger partial charge in [0.15, 0.2) is 0 Å². The maximum atomic E-state index is 12.9. The molecule has 0 bridgehead atoms. The first kappa shape index (κ1) is 17.7. The predicted molar refractivity (Wildman–Crippen MR) is 96.5 cm³/mol. The van der Waals surface area contributed by atoms with Crippen molar-refractivity contribution < 1.29 is 14.3 Å². The lowest BCUT2D eigenvalue weighted by Crippen LogP contribution is -2.52. The molecule has 0 unspecified atom stereocenters. The van der Waals surface area contributed by atoms with Gasteiger partial charge in [0, 0.05) is 31.9 Å². The first-order chi connectivity index (χ1) is 12.2. The third-order valence-electron chi connectivity index (χ3n) is 5.01. The molecule has 25 heavy (non-hydrogen) atoms. The molecule has 136 valence electrons. The molecule has 1 atom stereocenters. The number of likely N-dealkylation sites (tertiary alicyclic amines) is 1. The summed E-state index contributed by atoms with van der Waals surface area (Å²) >= 11 is 0. The smallest absolute Gasteiger partial charge is 0.245 e. The van der Waals surface area contributed by atoms with Gasteiger partial charge in [-0.3, -0.25) is 9.59 Å². The number of likely N-dealkylation sites (N-methyl/N-ethyl adjacent to an activating group) is 1. The van der Waals surface area contributed by atoms with Crippen LogP contribution in [0.2, 0.25) is 0 Å². The molecule has 2 saturated heterocycles. The molecular formula is C19H27N3O3. The minimum absolute atomic E-state index is 0.0369. The first-order valence-corrected chi connectivity index (χ1v) is 9.16. The Morgan fingerprint density at radius 1 is 1.16 bits per heavy atom. The molecule has 6 nitrogen and oxygen atoms in total. The highest BCUT2D eigenvalue weighted by molar-refractivity contribution is 5.90. The van der Waals surface area contributed by atoms with E-state index in [0.717, 1.165) is 25.1 Å². The minimum Gasteiger partial charge on any atom is -0.378 e. The van der Waals surface area contributed by atoms with Gasteiger partial charge in [-0.05, 0) is 31.9 Å². The van der Waals surface area contributed by atoms with Crippen LogP contribution in [0.1, 0.15) is 19.8 Å². The molecular weight excluding hydrogens is 318 g/mol.